The van der Waals surface area contributed by atoms with Gasteiger partial charge in [0, 0.05) is 16.9 Å². The first-order valence-electron chi connectivity index (χ1n) is 7.04. The van der Waals surface area contributed by atoms with E-state index in [-0.39, 0.29) is 0 Å². The first-order chi connectivity index (χ1) is 9.54. The fourth-order valence-electron chi connectivity index (χ4n) is 2.08. The predicted molar refractivity (Wildman–Crippen MR) is 87.3 cm³/mol. The average Bonchev–Trinajstić information content (AvgIpc) is 2.76. The predicted octanol–water partition coefficient (Wildman–Crippen LogP) is 6.11. The van der Waals surface area contributed by atoms with Crippen molar-refractivity contribution in [1.82, 2.24) is 0 Å². The number of furan rings is 1. The third-order valence-electron chi connectivity index (χ3n) is 3.57. The zero-order valence-corrected chi connectivity index (χ0v) is 13.7. The zero-order chi connectivity index (χ0) is 14.7. The average molecular weight is 286 g/mol. The van der Waals surface area contributed by atoms with Gasteiger partial charge in [-0.3, -0.25) is 0 Å². The van der Waals surface area contributed by atoms with Gasteiger partial charge in [0.25, 0.3) is 0 Å². The molecular weight excluding hydrogens is 264 g/mol. The maximum atomic E-state index is 6.11. The van der Waals surface area contributed by atoms with Crippen molar-refractivity contribution in [2.75, 3.05) is 0 Å². The summed E-state index contributed by atoms with van der Waals surface area (Å²) in [4.78, 5) is 2.51. The Bertz CT molecular complexity index is 616. The van der Waals surface area contributed by atoms with Crippen LogP contribution in [0.3, 0.4) is 0 Å². The van der Waals surface area contributed by atoms with E-state index < -0.39 is 0 Å². The maximum absolute atomic E-state index is 6.11. The minimum absolute atomic E-state index is 0.935. The topological polar surface area (TPSA) is 13.1 Å². The van der Waals surface area contributed by atoms with Crippen molar-refractivity contribution in [2.24, 2.45) is 0 Å². The SMILES string of the molecule is CCc1oc(C(C)=C(C)C)c(Sc2ccccc2)c1C. The first kappa shape index (κ1) is 15.0. The highest BCUT2D eigenvalue weighted by molar-refractivity contribution is 7.99. The van der Waals surface area contributed by atoms with E-state index in [2.05, 4.69) is 58.9 Å². The summed E-state index contributed by atoms with van der Waals surface area (Å²) in [6.07, 6.45) is 0.935. The monoisotopic (exact) mass is 286 g/mol. The molecule has 0 bridgehead atoms. The molecule has 0 amide bonds. The summed E-state index contributed by atoms with van der Waals surface area (Å²) in [6.45, 7) is 10.7. The second-order valence-electron chi connectivity index (χ2n) is 5.20. The molecule has 0 unspecified atom stereocenters. The molecule has 0 N–H and O–H groups in total. The molecule has 2 rings (SSSR count). The Morgan fingerprint density at radius 3 is 2.30 bits per heavy atom. The van der Waals surface area contributed by atoms with E-state index in [0.717, 1.165) is 17.9 Å². The summed E-state index contributed by atoms with van der Waals surface area (Å²) >= 11 is 1.79. The lowest BCUT2D eigenvalue weighted by molar-refractivity contribution is 0.497. The number of benzene rings is 1. The van der Waals surface area contributed by atoms with Crippen molar-refractivity contribution in [3.63, 3.8) is 0 Å². The Balaban J connectivity index is 2.50. The fourth-order valence-corrected chi connectivity index (χ4v) is 3.17. The van der Waals surface area contributed by atoms with Crippen molar-refractivity contribution >= 4 is 17.3 Å². The van der Waals surface area contributed by atoms with Crippen LogP contribution >= 0.6 is 11.8 Å². The lowest BCUT2D eigenvalue weighted by atomic mass is 10.1. The standard InChI is InChI=1S/C18H22OS/c1-6-16-14(5)18(17(19-16)13(4)12(2)3)20-15-10-8-7-9-11-15/h7-11H,6H2,1-5H3. The van der Waals surface area contributed by atoms with E-state index in [4.69, 9.17) is 4.42 Å². The van der Waals surface area contributed by atoms with Crippen molar-refractivity contribution < 1.29 is 4.42 Å². The molecular formula is C18H22OS. The van der Waals surface area contributed by atoms with Crippen LogP contribution in [0.1, 0.15) is 44.8 Å². The van der Waals surface area contributed by atoms with E-state index >= 15 is 0 Å². The van der Waals surface area contributed by atoms with Crippen LogP contribution in [-0.4, -0.2) is 0 Å². The van der Waals surface area contributed by atoms with Crippen molar-refractivity contribution in [2.45, 2.75) is 50.8 Å². The molecule has 1 aromatic heterocycles. The van der Waals surface area contributed by atoms with Gasteiger partial charge in [-0.05, 0) is 45.4 Å². The molecule has 1 heterocycles. The molecule has 0 atom stereocenters. The van der Waals surface area contributed by atoms with Gasteiger partial charge in [0.05, 0.1) is 4.90 Å². The van der Waals surface area contributed by atoms with Crippen LogP contribution in [0.25, 0.3) is 5.57 Å². The van der Waals surface area contributed by atoms with Gasteiger partial charge in [-0.1, -0.05) is 42.5 Å². The first-order valence-corrected chi connectivity index (χ1v) is 7.85. The van der Waals surface area contributed by atoms with Crippen LogP contribution in [0.5, 0.6) is 0 Å². The molecule has 0 saturated heterocycles. The molecule has 106 valence electrons. The van der Waals surface area contributed by atoms with Crippen LogP contribution in [0.4, 0.5) is 0 Å². The summed E-state index contributed by atoms with van der Waals surface area (Å²) in [5.41, 5.74) is 3.82. The molecule has 0 aliphatic heterocycles. The maximum Gasteiger partial charge on any atom is 0.144 e. The fraction of sp³-hybridized carbons (Fsp3) is 0.333. The number of rotatable bonds is 4. The third kappa shape index (κ3) is 3.01. The van der Waals surface area contributed by atoms with Crippen LogP contribution in [0.15, 0.2) is 50.1 Å². The molecule has 2 heteroatoms. The minimum Gasteiger partial charge on any atom is -0.460 e. The number of allylic oxidation sites excluding steroid dienone is 2. The highest BCUT2D eigenvalue weighted by Crippen LogP contribution is 2.40. The highest BCUT2D eigenvalue weighted by atomic mass is 32.2. The summed E-state index contributed by atoms with van der Waals surface area (Å²) in [5, 5.41) is 0. The minimum atomic E-state index is 0.935. The van der Waals surface area contributed by atoms with Crippen molar-refractivity contribution in [3.05, 3.63) is 53.0 Å². The molecule has 1 nitrogen and oxygen atoms in total. The van der Waals surface area contributed by atoms with Crippen molar-refractivity contribution in [1.29, 1.82) is 0 Å². The van der Waals surface area contributed by atoms with E-state index in [1.807, 2.05) is 6.07 Å². The molecule has 0 aliphatic rings. The summed E-state index contributed by atoms with van der Waals surface area (Å²) in [6, 6.07) is 10.5. The summed E-state index contributed by atoms with van der Waals surface area (Å²) in [5.74, 6) is 2.13. The number of hydrogen-bond acceptors (Lipinski definition) is 2. The second-order valence-corrected chi connectivity index (χ2v) is 6.29. The van der Waals surface area contributed by atoms with Gasteiger partial charge in [-0.2, -0.15) is 0 Å². The van der Waals surface area contributed by atoms with Crippen LogP contribution in [0, 0.1) is 6.92 Å². The summed E-state index contributed by atoms with van der Waals surface area (Å²) in [7, 11) is 0. The number of hydrogen-bond donors (Lipinski definition) is 0. The molecule has 1 aromatic carbocycles. The Labute approximate surface area is 126 Å². The normalized spacial score (nSPS) is 10.7. The molecule has 0 radical (unpaired) electrons. The quantitative estimate of drug-likeness (QED) is 0.672. The number of aryl methyl sites for hydroxylation is 1. The lowest BCUT2D eigenvalue weighted by Gasteiger charge is -2.06. The van der Waals surface area contributed by atoms with Gasteiger partial charge >= 0.3 is 0 Å². The highest BCUT2D eigenvalue weighted by Gasteiger charge is 2.18. The summed E-state index contributed by atoms with van der Waals surface area (Å²) < 4.78 is 6.11. The Kier molecular flexibility index (Phi) is 4.77. The molecule has 20 heavy (non-hydrogen) atoms. The molecule has 0 saturated carbocycles. The molecule has 0 fully saturated rings. The largest absolute Gasteiger partial charge is 0.460 e. The van der Waals surface area contributed by atoms with Gasteiger partial charge in [0.15, 0.2) is 0 Å². The zero-order valence-electron chi connectivity index (χ0n) is 12.9. The van der Waals surface area contributed by atoms with Crippen LogP contribution < -0.4 is 0 Å². The molecule has 0 aliphatic carbocycles. The van der Waals surface area contributed by atoms with Gasteiger partial charge in [0.1, 0.15) is 11.5 Å². The van der Waals surface area contributed by atoms with E-state index in [0.29, 0.717) is 0 Å². The van der Waals surface area contributed by atoms with Crippen LogP contribution in [0.2, 0.25) is 0 Å². The molecule has 2 aromatic rings. The van der Waals surface area contributed by atoms with Gasteiger partial charge in [-0.25, -0.2) is 0 Å². The Morgan fingerprint density at radius 2 is 1.75 bits per heavy atom. The van der Waals surface area contributed by atoms with E-state index in [1.165, 1.54) is 26.5 Å². The lowest BCUT2D eigenvalue weighted by Crippen LogP contribution is -1.84. The van der Waals surface area contributed by atoms with E-state index in [9.17, 15) is 0 Å². The Hall–Kier alpha value is -1.41. The van der Waals surface area contributed by atoms with Crippen molar-refractivity contribution in [3.8, 4) is 0 Å². The van der Waals surface area contributed by atoms with Gasteiger partial charge in [0.2, 0.25) is 0 Å². The molecule has 0 spiro atoms. The van der Waals surface area contributed by atoms with Crippen LogP contribution in [-0.2, 0) is 6.42 Å². The Morgan fingerprint density at radius 1 is 1.10 bits per heavy atom. The van der Waals surface area contributed by atoms with E-state index in [1.54, 1.807) is 11.8 Å². The smallest absolute Gasteiger partial charge is 0.144 e. The second kappa shape index (κ2) is 6.36. The van der Waals surface area contributed by atoms with Gasteiger partial charge < -0.3 is 4.42 Å². The van der Waals surface area contributed by atoms with Gasteiger partial charge in [-0.15, -0.1) is 0 Å². The third-order valence-corrected chi connectivity index (χ3v) is 4.77.